The fraction of sp³-hybridized carbons (Fsp3) is 0.190. The highest BCUT2D eigenvalue weighted by Crippen LogP contribution is 2.27. The van der Waals surface area contributed by atoms with Gasteiger partial charge in [0.15, 0.2) is 5.11 Å². The number of nitrogens with one attached hydrogen (secondary N) is 2. The molecule has 0 aliphatic rings. The zero-order valence-corrected chi connectivity index (χ0v) is 14.9. The highest BCUT2D eigenvalue weighted by atomic mass is 32.1. The van der Waals surface area contributed by atoms with Crippen LogP contribution in [-0.2, 0) is 0 Å². The summed E-state index contributed by atoms with van der Waals surface area (Å²) in [5, 5.41) is 9.68. The molecule has 0 radical (unpaired) electrons. The smallest absolute Gasteiger partial charge is 0.175 e. The molecule has 0 amide bonds. The van der Waals surface area contributed by atoms with Gasteiger partial charge in [-0.1, -0.05) is 68.4 Å². The number of anilines is 2. The average molecular weight is 334 g/mol. The fourth-order valence-corrected chi connectivity index (χ4v) is 3.09. The van der Waals surface area contributed by atoms with Crippen molar-refractivity contribution in [2.24, 2.45) is 0 Å². The van der Waals surface area contributed by atoms with Crippen molar-refractivity contribution in [2.45, 2.75) is 26.2 Å². The van der Waals surface area contributed by atoms with Gasteiger partial charge in [0, 0.05) is 16.8 Å². The number of fused-ring (bicyclic) bond motifs is 1. The maximum Gasteiger partial charge on any atom is 0.175 e. The Morgan fingerprint density at radius 3 is 2.33 bits per heavy atom. The lowest BCUT2D eigenvalue weighted by atomic mass is 9.97. The summed E-state index contributed by atoms with van der Waals surface area (Å²) in [5.41, 5.74) is 3.39. The molecule has 0 aromatic heterocycles. The molecule has 0 bridgehead atoms. The van der Waals surface area contributed by atoms with E-state index < -0.39 is 0 Å². The van der Waals surface area contributed by atoms with Crippen molar-refractivity contribution in [2.75, 3.05) is 10.6 Å². The van der Waals surface area contributed by atoms with Crippen LogP contribution in [0.2, 0.25) is 0 Å². The third-order valence-electron chi connectivity index (χ3n) is 4.39. The summed E-state index contributed by atoms with van der Waals surface area (Å²) < 4.78 is 0. The Morgan fingerprint density at radius 2 is 1.50 bits per heavy atom. The number of benzene rings is 3. The van der Waals surface area contributed by atoms with E-state index in [0.717, 1.165) is 17.8 Å². The minimum atomic E-state index is 0.494. The largest absolute Gasteiger partial charge is 0.332 e. The van der Waals surface area contributed by atoms with E-state index in [2.05, 4.69) is 66.9 Å². The van der Waals surface area contributed by atoms with Crippen molar-refractivity contribution in [1.82, 2.24) is 0 Å². The predicted octanol–water partition coefficient (Wildman–Crippen LogP) is 6.16. The topological polar surface area (TPSA) is 24.1 Å². The van der Waals surface area contributed by atoms with Crippen molar-refractivity contribution >= 4 is 39.5 Å². The maximum atomic E-state index is 5.54. The normalized spacial score (nSPS) is 11.9. The van der Waals surface area contributed by atoms with E-state index in [-0.39, 0.29) is 0 Å². The summed E-state index contributed by atoms with van der Waals surface area (Å²) >= 11 is 5.54. The Labute approximate surface area is 148 Å². The Hall–Kier alpha value is -2.39. The summed E-state index contributed by atoms with van der Waals surface area (Å²) in [6, 6.07) is 22.9. The quantitative estimate of drug-likeness (QED) is 0.559. The van der Waals surface area contributed by atoms with Crippen molar-refractivity contribution in [3.8, 4) is 0 Å². The van der Waals surface area contributed by atoms with E-state index >= 15 is 0 Å². The molecule has 0 aliphatic heterocycles. The SMILES string of the molecule is CCC(C)c1ccccc1NC(=S)Nc1cccc2ccccc12. The van der Waals surface area contributed by atoms with Gasteiger partial charge in [0.2, 0.25) is 0 Å². The fourth-order valence-electron chi connectivity index (χ4n) is 2.87. The molecular formula is C21H22N2S. The predicted molar refractivity (Wildman–Crippen MR) is 109 cm³/mol. The van der Waals surface area contributed by atoms with Crippen LogP contribution in [-0.4, -0.2) is 5.11 Å². The zero-order valence-electron chi connectivity index (χ0n) is 14.0. The molecule has 0 saturated carbocycles. The molecule has 3 aromatic rings. The second-order valence-corrected chi connectivity index (χ2v) is 6.41. The lowest BCUT2D eigenvalue weighted by molar-refractivity contribution is 0.736. The third-order valence-corrected chi connectivity index (χ3v) is 4.59. The van der Waals surface area contributed by atoms with E-state index in [1.165, 1.54) is 16.3 Å². The third kappa shape index (κ3) is 3.57. The number of hydrogen-bond donors (Lipinski definition) is 2. The Kier molecular flexibility index (Phi) is 5.11. The molecule has 0 heterocycles. The molecule has 3 rings (SSSR count). The minimum absolute atomic E-state index is 0.494. The van der Waals surface area contributed by atoms with Crippen LogP contribution in [0.1, 0.15) is 31.7 Å². The van der Waals surface area contributed by atoms with Crippen LogP contribution in [0.5, 0.6) is 0 Å². The molecular weight excluding hydrogens is 312 g/mol. The van der Waals surface area contributed by atoms with Crippen LogP contribution in [0.3, 0.4) is 0 Å². The van der Waals surface area contributed by atoms with E-state index in [1.54, 1.807) is 0 Å². The van der Waals surface area contributed by atoms with Crippen LogP contribution in [0.25, 0.3) is 10.8 Å². The minimum Gasteiger partial charge on any atom is -0.332 e. The number of thiocarbonyl (C=S) groups is 1. The average Bonchev–Trinajstić information content (AvgIpc) is 2.62. The maximum absolute atomic E-state index is 5.54. The van der Waals surface area contributed by atoms with Gasteiger partial charge in [-0.15, -0.1) is 0 Å². The van der Waals surface area contributed by atoms with E-state index in [9.17, 15) is 0 Å². The van der Waals surface area contributed by atoms with Crippen molar-refractivity contribution in [3.63, 3.8) is 0 Å². The molecule has 0 fully saturated rings. The van der Waals surface area contributed by atoms with Gasteiger partial charge in [-0.25, -0.2) is 0 Å². The Morgan fingerprint density at radius 1 is 0.875 bits per heavy atom. The van der Waals surface area contributed by atoms with Crippen LogP contribution >= 0.6 is 12.2 Å². The monoisotopic (exact) mass is 334 g/mol. The standard InChI is InChI=1S/C21H22N2S/c1-3-15(2)17-11-6-7-13-19(17)22-21(24)23-20-14-8-10-16-9-4-5-12-18(16)20/h4-15H,3H2,1-2H3,(H2,22,23,24). The molecule has 1 atom stereocenters. The Balaban J connectivity index is 1.81. The number of para-hydroxylation sites is 1. The number of hydrogen-bond acceptors (Lipinski definition) is 1. The van der Waals surface area contributed by atoms with Gasteiger partial charge in [-0.05, 0) is 47.6 Å². The first-order valence-corrected chi connectivity index (χ1v) is 8.74. The molecule has 0 saturated heterocycles. The van der Waals surface area contributed by atoms with Crippen molar-refractivity contribution < 1.29 is 0 Å². The van der Waals surface area contributed by atoms with Gasteiger partial charge in [-0.3, -0.25) is 0 Å². The second kappa shape index (κ2) is 7.45. The summed E-state index contributed by atoms with van der Waals surface area (Å²) in [5.74, 6) is 0.494. The van der Waals surface area contributed by atoms with E-state index in [1.807, 2.05) is 24.3 Å². The Bertz CT molecular complexity index is 852. The summed E-state index contributed by atoms with van der Waals surface area (Å²) in [6.07, 6.45) is 1.10. The lowest BCUT2D eigenvalue weighted by Gasteiger charge is -2.18. The van der Waals surface area contributed by atoms with Gasteiger partial charge in [-0.2, -0.15) is 0 Å². The van der Waals surface area contributed by atoms with Gasteiger partial charge >= 0.3 is 0 Å². The van der Waals surface area contributed by atoms with Crippen molar-refractivity contribution in [3.05, 3.63) is 72.3 Å². The molecule has 0 aliphatic carbocycles. The zero-order chi connectivity index (χ0) is 16.9. The highest BCUT2D eigenvalue weighted by molar-refractivity contribution is 7.80. The van der Waals surface area contributed by atoms with Crippen LogP contribution < -0.4 is 10.6 Å². The van der Waals surface area contributed by atoms with E-state index in [0.29, 0.717) is 11.0 Å². The molecule has 1 unspecified atom stereocenters. The van der Waals surface area contributed by atoms with Crippen molar-refractivity contribution in [1.29, 1.82) is 0 Å². The molecule has 2 N–H and O–H groups in total. The van der Waals surface area contributed by atoms with Crippen LogP contribution in [0.4, 0.5) is 11.4 Å². The van der Waals surface area contributed by atoms with Gasteiger partial charge in [0.1, 0.15) is 0 Å². The molecule has 3 heteroatoms. The first-order chi connectivity index (χ1) is 11.7. The lowest BCUT2D eigenvalue weighted by Crippen LogP contribution is -2.20. The molecule has 3 aromatic carbocycles. The first kappa shape index (κ1) is 16.5. The summed E-state index contributed by atoms with van der Waals surface area (Å²) in [6.45, 7) is 4.44. The summed E-state index contributed by atoms with van der Waals surface area (Å²) in [4.78, 5) is 0. The van der Waals surface area contributed by atoms with Gasteiger partial charge < -0.3 is 10.6 Å². The number of rotatable bonds is 4. The van der Waals surface area contributed by atoms with Gasteiger partial charge in [0.05, 0.1) is 0 Å². The van der Waals surface area contributed by atoms with Crippen LogP contribution in [0, 0.1) is 0 Å². The highest BCUT2D eigenvalue weighted by Gasteiger charge is 2.10. The molecule has 122 valence electrons. The molecule has 2 nitrogen and oxygen atoms in total. The first-order valence-electron chi connectivity index (χ1n) is 8.33. The van der Waals surface area contributed by atoms with Crippen LogP contribution in [0.15, 0.2) is 66.7 Å². The molecule has 24 heavy (non-hydrogen) atoms. The second-order valence-electron chi connectivity index (χ2n) is 6.00. The van der Waals surface area contributed by atoms with E-state index in [4.69, 9.17) is 12.2 Å². The van der Waals surface area contributed by atoms with Gasteiger partial charge in [0.25, 0.3) is 0 Å². The summed E-state index contributed by atoms with van der Waals surface area (Å²) in [7, 11) is 0. The molecule has 0 spiro atoms.